The quantitative estimate of drug-likeness (QED) is 0.666. The van der Waals surface area contributed by atoms with Crippen LogP contribution in [0.4, 0.5) is 0 Å². The normalized spacial score (nSPS) is 20.6. The lowest BCUT2D eigenvalue weighted by Gasteiger charge is -2.29. The first-order valence-electron chi connectivity index (χ1n) is 6.06. The second kappa shape index (κ2) is 6.46. The molecular formula is C12H25NO2. The zero-order chi connectivity index (χ0) is 11.3. The highest BCUT2D eigenvalue weighted by atomic mass is 16.5. The fourth-order valence-corrected chi connectivity index (χ4v) is 1.96. The Hall–Kier alpha value is -0.120. The molecule has 0 aliphatic heterocycles. The standard InChI is InChI=1S/C12H25NO2/c1-10(14)6-7-13(8-9-15-3)11(2)12-4-5-12/h10-12,14H,4-9H2,1-3H3. The molecule has 1 rings (SSSR count). The lowest BCUT2D eigenvalue weighted by Crippen LogP contribution is -2.38. The predicted octanol–water partition coefficient (Wildman–Crippen LogP) is 1.50. The summed E-state index contributed by atoms with van der Waals surface area (Å²) < 4.78 is 5.13. The minimum absolute atomic E-state index is 0.193. The van der Waals surface area contributed by atoms with E-state index in [1.54, 1.807) is 7.11 Å². The molecular weight excluding hydrogens is 190 g/mol. The highest BCUT2D eigenvalue weighted by Crippen LogP contribution is 2.35. The molecule has 3 heteroatoms. The summed E-state index contributed by atoms with van der Waals surface area (Å²) in [6.07, 6.45) is 3.42. The van der Waals surface area contributed by atoms with E-state index in [9.17, 15) is 5.11 Å². The van der Waals surface area contributed by atoms with Crippen LogP contribution in [0, 0.1) is 5.92 Å². The molecule has 0 amide bonds. The van der Waals surface area contributed by atoms with E-state index in [0.717, 1.165) is 32.0 Å². The van der Waals surface area contributed by atoms with Crippen LogP contribution in [0.5, 0.6) is 0 Å². The summed E-state index contributed by atoms with van der Waals surface area (Å²) in [5.74, 6) is 0.885. The maximum Gasteiger partial charge on any atom is 0.0589 e. The number of hydrogen-bond acceptors (Lipinski definition) is 3. The van der Waals surface area contributed by atoms with Crippen LogP contribution in [0.2, 0.25) is 0 Å². The van der Waals surface area contributed by atoms with Crippen LogP contribution in [0.1, 0.15) is 33.1 Å². The molecule has 0 saturated heterocycles. The molecule has 1 fully saturated rings. The Morgan fingerprint density at radius 3 is 2.47 bits per heavy atom. The predicted molar refractivity (Wildman–Crippen MR) is 61.9 cm³/mol. The number of hydrogen-bond donors (Lipinski definition) is 1. The molecule has 2 atom stereocenters. The fraction of sp³-hybridized carbons (Fsp3) is 1.00. The van der Waals surface area contributed by atoms with Gasteiger partial charge in [0.2, 0.25) is 0 Å². The molecule has 0 heterocycles. The molecule has 0 aromatic rings. The topological polar surface area (TPSA) is 32.7 Å². The summed E-state index contributed by atoms with van der Waals surface area (Å²) in [5, 5.41) is 9.30. The van der Waals surface area contributed by atoms with Gasteiger partial charge in [-0.05, 0) is 39.0 Å². The summed E-state index contributed by atoms with van der Waals surface area (Å²) in [7, 11) is 1.74. The molecule has 1 aliphatic carbocycles. The van der Waals surface area contributed by atoms with Crippen molar-refractivity contribution in [2.75, 3.05) is 26.8 Å². The third kappa shape index (κ3) is 4.96. The van der Waals surface area contributed by atoms with Crippen molar-refractivity contribution < 1.29 is 9.84 Å². The summed E-state index contributed by atoms with van der Waals surface area (Å²) in [6.45, 7) is 6.92. The summed E-state index contributed by atoms with van der Waals surface area (Å²) in [6, 6.07) is 0.652. The van der Waals surface area contributed by atoms with Crippen LogP contribution in [-0.4, -0.2) is 49.0 Å². The monoisotopic (exact) mass is 215 g/mol. The van der Waals surface area contributed by atoms with Crippen LogP contribution in [0.15, 0.2) is 0 Å². The smallest absolute Gasteiger partial charge is 0.0589 e. The van der Waals surface area contributed by atoms with Gasteiger partial charge < -0.3 is 9.84 Å². The molecule has 1 aliphatic rings. The second-order valence-electron chi connectivity index (χ2n) is 4.74. The number of aliphatic hydroxyl groups excluding tert-OH is 1. The van der Waals surface area contributed by atoms with Gasteiger partial charge in [0.05, 0.1) is 12.7 Å². The molecule has 3 nitrogen and oxygen atoms in total. The fourth-order valence-electron chi connectivity index (χ4n) is 1.96. The summed E-state index contributed by atoms with van der Waals surface area (Å²) in [4.78, 5) is 2.45. The van der Waals surface area contributed by atoms with Crippen molar-refractivity contribution in [3.8, 4) is 0 Å². The van der Waals surface area contributed by atoms with Crippen molar-refractivity contribution in [3.05, 3.63) is 0 Å². The van der Waals surface area contributed by atoms with Gasteiger partial charge in [0.15, 0.2) is 0 Å². The molecule has 0 aromatic carbocycles. The third-order valence-corrected chi connectivity index (χ3v) is 3.30. The zero-order valence-corrected chi connectivity index (χ0v) is 10.3. The Balaban J connectivity index is 2.29. The zero-order valence-electron chi connectivity index (χ0n) is 10.3. The lowest BCUT2D eigenvalue weighted by molar-refractivity contribution is 0.0965. The number of nitrogens with zero attached hydrogens (tertiary/aromatic N) is 1. The molecule has 0 aromatic heterocycles. The maximum absolute atomic E-state index is 9.30. The van der Waals surface area contributed by atoms with Crippen LogP contribution < -0.4 is 0 Å². The Morgan fingerprint density at radius 1 is 1.33 bits per heavy atom. The molecule has 15 heavy (non-hydrogen) atoms. The largest absolute Gasteiger partial charge is 0.393 e. The van der Waals surface area contributed by atoms with E-state index < -0.39 is 0 Å². The third-order valence-electron chi connectivity index (χ3n) is 3.30. The SMILES string of the molecule is COCCN(CCC(C)O)C(C)C1CC1. The van der Waals surface area contributed by atoms with Gasteiger partial charge >= 0.3 is 0 Å². The first-order chi connectivity index (χ1) is 7.15. The highest BCUT2D eigenvalue weighted by Gasteiger charge is 2.31. The van der Waals surface area contributed by atoms with E-state index in [0.29, 0.717) is 6.04 Å². The molecule has 0 spiro atoms. The van der Waals surface area contributed by atoms with Gasteiger partial charge in [-0.15, -0.1) is 0 Å². The van der Waals surface area contributed by atoms with Crippen molar-refractivity contribution in [3.63, 3.8) is 0 Å². The van der Waals surface area contributed by atoms with Gasteiger partial charge in [0.25, 0.3) is 0 Å². The average Bonchev–Trinajstić information content (AvgIpc) is 3.00. The Labute approximate surface area is 93.4 Å². The molecule has 90 valence electrons. The first kappa shape index (κ1) is 12.9. The molecule has 1 N–H and O–H groups in total. The number of ether oxygens (including phenoxy) is 1. The van der Waals surface area contributed by atoms with Gasteiger partial charge in [-0.3, -0.25) is 4.90 Å². The van der Waals surface area contributed by atoms with E-state index >= 15 is 0 Å². The van der Waals surface area contributed by atoms with Gasteiger partial charge in [0.1, 0.15) is 0 Å². The van der Waals surface area contributed by atoms with Crippen molar-refractivity contribution in [2.45, 2.75) is 45.3 Å². The molecule has 0 bridgehead atoms. The Kier molecular flexibility index (Phi) is 5.58. The van der Waals surface area contributed by atoms with Crippen molar-refractivity contribution in [2.24, 2.45) is 5.92 Å². The first-order valence-corrected chi connectivity index (χ1v) is 6.06. The van der Waals surface area contributed by atoms with E-state index in [1.165, 1.54) is 12.8 Å². The molecule has 2 unspecified atom stereocenters. The summed E-state index contributed by atoms with van der Waals surface area (Å²) >= 11 is 0. The number of aliphatic hydroxyl groups is 1. The van der Waals surface area contributed by atoms with Crippen molar-refractivity contribution in [1.29, 1.82) is 0 Å². The number of methoxy groups -OCH3 is 1. The van der Waals surface area contributed by atoms with Crippen molar-refractivity contribution in [1.82, 2.24) is 4.90 Å². The average molecular weight is 215 g/mol. The van der Waals surface area contributed by atoms with Gasteiger partial charge in [-0.1, -0.05) is 0 Å². The lowest BCUT2D eigenvalue weighted by atomic mass is 10.1. The Bertz CT molecular complexity index is 169. The van der Waals surface area contributed by atoms with E-state index in [2.05, 4.69) is 11.8 Å². The maximum atomic E-state index is 9.30. The van der Waals surface area contributed by atoms with Crippen LogP contribution in [-0.2, 0) is 4.74 Å². The van der Waals surface area contributed by atoms with Gasteiger partial charge in [-0.25, -0.2) is 0 Å². The van der Waals surface area contributed by atoms with Gasteiger partial charge in [0, 0.05) is 26.2 Å². The highest BCUT2D eigenvalue weighted by molar-refractivity contribution is 4.85. The number of rotatable bonds is 8. The Morgan fingerprint density at radius 2 is 2.00 bits per heavy atom. The van der Waals surface area contributed by atoms with Crippen LogP contribution in [0.3, 0.4) is 0 Å². The minimum atomic E-state index is -0.193. The van der Waals surface area contributed by atoms with E-state index in [4.69, 9.17) is 4.74 Å². The molecule has 0 radical (unpaired) electrons. The van der Waals surface area contributed by atoms with Crippen LogP contribution in [0.25, 0.3) is 0 Å². The second-order valence-corrected chi connectivity index (χ2v) is 4.74. The molecule has 1 saturated carbocycles. The minimum Gasteiger partial charge on any atom is -0.393 e. The van der Waals surface area contributed by atoms with Gasteiger partial charge in [-0.2, -0.15) is 0 Å². The van der Waals surface area contributed by atoms with Crippen LogP contribution >= 0.6 is 0 Å². The van der Waals surface area contributed by atoms with E-state index in [-0.39, 0.29) is 6.10 Å². The van der Waals surface area contributed by atoms with E-state index in [1.807, 2.05) is 6.92 Å². The van der Waals surface area contributed by atoms with Crippen molar-refractivity contribution >= 4 is 0 Å². The summed E-state index contributed by atoms with van der Waals surface area (Å²) in [5.41, 5.74) is 0.